The molecule has 0 rings (SSSR count). The van der Waals surface area contributed by atoms with Crippen molar-refractivity contribution in [2.45, 2.75) is 296 Å². The highest BCUT2D eigenvalue weighted by molar-refractivity contribution is 7.47. The topological polar surface area (TPSA) is 231 Å². The molecule has 16 nitrogen and oxygen atoms in total. The van der Waals surface area contributed by atoms with Gasteiger partial charge in [-0.25, -0.2) is 9.13 Å². The van der Waals surface area contributed by atoms with Crippen molar-refractivity contribution in [2.75, 3.05) is 39.6 Å². The van der Waals surface area contributed by atoms with Crippen molar-refractivity contribution in [3.05, 3.63) is 158 Å². The molecule has 0 radical (unpaired) electrons. The van der Waals surface area contributed by atoms with Crippen LogP contribution in [0.1, 0.15) is 278 Å². The minimum absolute atomic E-state index is 0.0763. The van der Waals surface area contributed by atoms with Crippen molar-refractivity contribution >= 4 is 33.6 Å². The maximum Gasteiger partial charge on any atom is 0.472 e. The fourth-order valence-electron chi connectivity index (χ4n) is 9.52. The Morgan fingerprint density at radius 2 is 0.535 bits per heavy atom. The molecule has 0 spiro atoms. The average Bonchev–Trinajstić information content (AvgIpc) is 1.02. The second-order valence-electron chi connectivity index (χ2n) is 24.7. The van der Waals surface area contributed by atoms with E-state index >= 15 is 0 Å². The van der Waals surface area contributed by atoms with Crippen molar-refractivity contribution in [1.29, 1.82) is 0 Å². The standard InChI is InChI=1S/C81H134O16P2/c1-4-7-10-13-16-19-22-25-27-29-31-32-33-34-35-36-37-38-39-40-41-42-44-46-47-50-52-55-58-61-64-67-79(84)91-70-76(82)71-93-98(87,88)94-72-77(83)73-95-99(89,90)96-75-78(97-81(86)69-66-63-60-57-54-49-24-21-18-15-12-9-6-3)74-92-80(85)68-65-62-59-56-53-51-48-45-43-30-28-26-23-20-17-14-11-8-5-2/h7-8,10-12,15-17,19-21,24-28,31-32,34-35,37-38,43,45,51,53,76-78,82-83H,4-6,9,13-14,18,22-23,29-30,33,36,39-42,44,46-50,52,54-75H2,1-3H3,(H,87,88)(H,89,90)/b10-7-,11-8-,15-12-,19-16-,20-17-,24-21-,27-25-,28-26-,32-31-,35-34-,38-37-,45-43-,53-51-. The monoisotopic (exact) mass is 1420 g/mol. The Kier molecular flexibility index (Phi) is 69.4. The highest BCUT2D eigenvalue weighted by Crippen LogP contribution is 2.45. The highest BCUT2D eigenvalue weighted by Gasteiger charge is 2.29. The normalized spacial score (nSPS) is 14.9. The summed E-state index contributed by atoms with van der Waals surface area (Å²) in [6, 6.07) is 0. The van der Waals surface area contributed by atoms with Gasteiger partial charge < -0.3 is 34.2 Å². The summed E-state index contributed by atoms with van der Waals surface area (Å²) in [6.45, 7) is 2.31. The second kappa shape index (κ2) is 72.9. The summed E-state index contributed by atoms with van der Waals surface area (Å²) in [6.07, 6.45) is 90.2. The lowest BCUT2D eigenvalue weighted by Crippen LogP contribution is -2.30. The van der Waals surface area contributed by atoms with E-state index < -0.39 is 91.5 Å². The van der Waals surface area contributed by atoms with Crippen LogP contribution in [0, 0.1) is 0 Å². The first kappa shape index (κ1) is 94.2. The Bertz CT molecular complexity index is 2430. The van der Waals surface area contributed by atoms with Crippen molar-refractivity contribution in [3.8, 4) is 0 Å². The molecule has 99 heavy (non-hydrogen) atoms. The van der Waals surface area contributed by atoms with E-state index in [2.05, 4.69) is 179 Å². The number of allylic oxidation sites excluding steroid dienone is 26. The number of rotatable bonds is 70. The zero-order valence-corrected chi connectivity index (χ0v) is 63.1. The lowest BCUT2D eigenvalue weighted by atomic mass is 10.0. The zero-order valence-electron chi connectivity index (χ0n) is 61.4. The maximum absolute atomic E-state index is 12.9. The number of phosphoric ester groups is 2. The Labute approximate surface area is 600 Å². The Morgan fingerprint density at radius 1 is 0.293 bits per heavy atom. The molecule has 0 fully saturated rings. The molecule has 0 bridgehead atoms. The van der Waals surface area contributed by atoms with Gasteiger partial charge in [-0.15, -0.1) is 0 Å². The van der Waals surface area contributed by atoms with Crippen LogP contribution in [-0.2, 0) is 55.8 Å². The number of hydrogen-bond acceptors (Lipinski definition) is 14. The van der Waals surface area contributed by atoms with E-state index in [0.717, 1.165) is 167 Å². The number of carbonyl (C=O) groups is 3. The van der Waals surface area contributed by atoms with E-state index in [4.69, 9.17) is 32.3 Å². The molecule has 0 heterocycles. The van der Waals surface area contributed by atoms with Gasteiger partial charge in [0.2, 0.25) is 0 Å². The van der Waals surface area contributed by atoms with Crippen molar-refractivity contribution < 1.29 is 75.8 Å². The number of carbonyl (C=O) groups excluding carboxylic acids is 3. The first-order valence-corrected chi connectivity index (χ1v) is 40.8. The van der Waals surface area contributed by atoms with Crippen LogP contribution in [0.2, 0.25) is 0 Å². The lowest BCUT2D eigenvalue weighted by Gasteiger charge is -2.21. The summed E-state index contributed by atoms with van der Waals surface area (Å²) < 4.78 is 61.0. The molecule has 0 aromatic heterocycles. The number of esters is 3. The molecule has 0 saturated heterocycles. The number of unbranched alkanes of at least 4 members (excludes halogenated alkanes) is 21. The van der Waals surface area contributed by atoms with E-state index in [-0.39, 0.29) is 19.3 Å². The molecule has 0 saturated carbocycles. The number of aliphatic hydroxyl groups excluding tert-OH is 2. The first-order valence-electron chi connectivity index (χ1n) is 37.8. The van der Waals surface area contributed by atoms with Gasteiger partial charge in [0.1, 0.15) is 25.4 Å². The minimum atomic E-state index is -4.94. The third-order valence-electron chi connectivity index (χ3n) is 15.2. The minimum Gasteiger partial charge on any atom is -0.463 e. The van der Waals surface area contributed by atoms with Crippen LogP contribution in [0.25, 0.3) is 0 Å². The van der Waals surface area contributed by atoms with Crippen molar-refractivity contribution in [1.82, 2.24) is 0 Å². The molecule has 0 aliphatic rings. The largest absolute Gasteiger partial charge is 0.472 e. The van der Waals surface area contributed by atoms with E-state index in [1.807, 2.05) is 0 Å². The Hall–Kier alpha value is -4.83. The van der Waals surface area contributed by atoms with Gasteiger partial charge in [-0.1, -0.05) is 275 Å². The lowest BCUT2D eigenvalue weighted by molar-refractivity contribution is -0.161. The first-order chi connectivity index (χ1) is 48.2. The molecular weight excluding hydrogens is 1290 g/mol. The van der Waals surface area contributed by atoms with E-state index in [0.29, 0.717) is 19.3 Å². The number of phosphoric acid groups is 2. The summed E-state index contributed by atoms with van der Waals surface area (Å²) in [4.78, 5) is 58.5. The van der Waals surface area contributed by atoms with Gasteiger partial charge in [0.15, 0.2) is 6.10 Å². The SMILES string of the molecule is CC/C=C\C/C=C\C/C=C\C/C=C\C/C=C\C/C=C\CCCCCCCCCCCCCCC(=O)OCC(O)COP(=O)(O)OCC(O)COP(=O)(O)OCC(COC(=O)CCCCC/C=C\C/C=C\C/C=C\C/C=C\C/C=C\CC)OC(=O)CCCCCCC/C=C\C/C=C\CCC. The zero-order chi connectivity index (χ0) is 72.3. The van der Waals surface area contributed by atoms with Crippen LogP contribution in [0.3, 0.4) is 0 Å². The Morgan fingerprint density at radius 3 is 0.859 bits per heavy atom. The van der Waals surface area contributed by atoms with Gasteiger partial charge in [0, 0.05) is 19.3 Å². The van der Waals surface area contributed by atoms with Gasteiger partial charge in [0.25, 0.3) is 0 Å². The van der Waals surface area contributed by atoms with E-state index in [1.165, 1.54) is 51.4 Å². The molecular formula is C81H134O16P2. The van der Waals surface area contributed by atoms with E-state index in [1.54, 1.807) is 0 Å². The highest BCUT2D eigenvalue weighted by atomic mass is 31.2. The predicted octanol–water partition coefficient (Wildman–Crippen LogP) is 21.9. The molecule has 18 heteroatoms. The van der Waals surface area contributed by atoms with E-state index in [9.17, 15) is 43.5 Å². The average molecular weight is 1430 g/mol. The van der Waals surface area contributed by atoms with Gasteiger partial charge in [-0.3, -0.25) is 32.5 Å². The molecule has 0 aromatic carbocycles. The maximum atomic E-state index is 12.9. The number of hydrogen-bond donors (Lipinski definition) is 4. The van der Waals surface area contributed by atoms with Crippen LogP contribution in [0.5, 0.6) is 0 Å². The summed E-state index contributed by atoms with van der Waals surface area (Å²) >= 11 is 0. The second-order valence-corrected chi connectivity index (χ2v) is 27.6. The number of ether oxygens (including phenoxy) is 3. The molecule has 0 aromatic rings. The molecule has 0 aliphatic carbocycles. The van der Waals surface area contributed by atoms with Crippen molar-refractivity contribution in [2.24, 2.45) is 0 Å². The van der Waals surface area contributed by atoms with Crippen LogP contribution < -0.4 is 0 Å². The molecule has 0 aliphatic heterocycles. The summed E-state index contributed by atoms with van der Waals surface area (Å²) in [5.74, 6) is -1.64. The molecule has 5 unspecified atom stereocenters. The third-order valence-corrected chi connectivity index (χ3v) is 17.1. The van der Waals surface area contributed by atoms with Crippen LogP contribution in [-0.4, -0.2) is 95.9 Å². The third kappa shape index (κ3) is 74.2. The summed E-state index contributed by atoms with van der Waals surface area (Å²) in [5, 5.41) is 20.6. The molecule has 5 atom stereocenters. The van der Waals surface area contributed by atoms with Gasteiger partial charge in [0.05, 0.1) is 26.4 Å². The summed E-state index contributed by atoms with van der Waals surface area (Å²) in [7, 11) is -9.80. The van der Waals surface area contributed by atoms with Gasteiger partial charge in [-0.2, -0.15) is 0 Å². The predicted molar refractivity (Wildman–Crippen MR) is 408 cm³/mol. The molecule has 564 valence electrons. The Balaban J connectivity index is 4.50. The van der Waals surface area contributed by atoms with Crippen LogP contribution >= 0.6 is 15.6 Å². The van der Waals surface area contributed by atoms with Crippen molar-refractivity contribution in [3.63, 3.8) is 0 Å². The van der Waals surface area contributed by atoms with Crippen LogP contribution in [0.15, 0.2) is 158 Å². The fourth-order valence-corrected chi connectivity index (χ4v) is 11.1. The quantitative estimate of drug-likeness (QED) is 0.0146. The van der Waals surface area contributed by atoms with Gasteiger partial charge >= 0.3 is 33.6 Å². The summed E-state index contributed by atoms with van der Waals surface area (Å²) in [5.41, 5.74) is 0. The van der Waals surface area contributed by atoms with Crippen LogP contribution in [0.4, 0.5) is 0 Å². The fraction of sp³-hybridized carbons (Fsp3) is 0.642. The smallest absolute Gasteiger partial charge is 0.463 e. The number of aliphatic hydroxyl groups is 2. The van der Waals surface area contributed by atoms with Gasteiger partial charge in [-0.05, 0) is 141 Å². The molecule has 4 N–H and O–H groups in total. The molecule has 0 amide bonds.